The molecule has 3 nitrogen and oxygen atoms in total. The molecular formula is C23H42N2O. The lowest BCUT2D eigenvalue weighted by atomic mass is 9.80. The molecule has 2 unspecified atom stereocenters. The predicted molar refractivity (Wildman–Crippen MR) is 108 cm³/mol. The minimum atomic E-state index is 0.648. The van der Waals surface area contributed by atoms with Crippen molar-refractivity contribution in [2.45, 2.75) is 65.7 Å². The van der Waals surface area contributed by atoms with Gasteiger partial charge in [0.2, 0.25) is 0 Å². The molecule has 3 heteroatoms. The van der Waals surface area contributed by atoms with Crippen LogP contribution in [0.1, 0.15) is 65.7 Å². The fourth-order valence-corrected chi connectivity index (χ4v) is 5.93. The number of hydrogen-bond acceptors (Lipinski definition) is 3. The Morgan fingerprint density at radius 2 is 1.54 bits per heavy atom. The van der Waals surface area contributed by atoms with Crippen molar-refractivity contribution < 1.29 is 4.74 Å². The van der Waals surface area contributed by atoms with Crippen molar-refractivity contribution in [3.8, 4) is 0 Å². The van der Waals surface area contributed by atoms with E-state index in [4.69, 9.17) is 4.74 Å². The zero-order chi connectivity index (χ0) is 18.2. The van der Waals surface area contributed by atoms with Gasteiger partial charge in [0.1, 0.15) is 0 Å². The van der Waals surface area contributed by atoms with Crippen molar-refractivity contribution in [1.29, 1.82) is 0 Å². The Balaban J connectivity index is 1.26. The first-order chi connectivity index (χ1) is 12.5. The third-order valence-electron chi connectivity index (χ3n) is 8.53. The van der Waals surface area contributed by atoms with Crippen LogP contribution in [-0.4, -0.2) is 62.3 Å². The highest BCUT2D eigenvalue weighted by Gasteiger charge is 2.49. The molecule has 26 heavy (non-hydrogen) atoms. The first-order valence-corrected chi connectivity index (χ1v) is 11.5. The van der Waals surface area contributed by atoms with Crippen LogP contribution in [0.5, 0.6) is 0 Å². The van der Waals surface area contributed by atoms with E-state index in [9.17, 15) is 0 Å². The molecule has 0 radical (unpaired) electrons. The van der Waals surface area contributed by atoms with Crippen molar-refractivity contribution in [1.82, 2.24) is 9.80 Å². The van der Waals surface area contributed by atoms with Crippen molar-refractivity contribution in [2.75, 3.05) is 52.5 Å². The van der Waals surface area contributed by atoms with E-state index in [1.54, 1.807) is 0 Å². The third kappa shape index (κ3) is 4.31. The maximum Gasteiger partial charge on any atom is 0.0594 e. The molecule has 4 aliphatic rings. The molecule has 4 rings (SSSR count). The van der Waals surface area contributed by atoms with Crippen molar-refractivity contribution in [2.24, 2.45) is 28.6 Å². The summed E-state index contributed by atoms with van der Waals surface area (Å²) in [4.78, 5) is 5.52. The third-order valence-corrected chi connectivity index (χ3v) is 8.53. The summed E-state index contributed by atoms with van der Waals surface area (Å²) in [6.07, 6.45) is 10.3. The number of likely N-dealkylation sites (tertiary alicyclic amines) is 1. The van der Waals surface area contributed by atoms with Crippen molar-refractivity contribution in [3.05, 3.63) is 0 Å². The van der Waals surface area contributed by atoms with Crippen LogP contribution in [0.4, 0.5) is 0 Å². The summed E-state index contributed by atoms with van der Waals surface area (Å²) in [7, 11) is 0. The van der Waals surface area contributed by atoms with E-state index in [1.807, 2.05) is 0 Å². The van der Waals surface area contributed by atoms with Gasteiger partial charge in [0, 0.05) is 32.7 Å². The van der Waals surface area contributed by atoms with Gasteiger partial charge in [-0.2, -0.15) is 0 Å². The minimum absolute atomic E-state index is 0.648. The summed E-state index contributed by atoms with van der Waals surface area (Å²) in [5.74, 6) is 2.71. The van der Waals surface area contributed by atoms with Crippen LogP contribution >= 0.6 is 0 Å². The van der Waals surface area contributed by atoms with E-state index in [0.29, 0.717) is 10.8 Å². The van der Waals surface area contributed by atoms with Crippen molar-refractivity contribution in [3.63, 3.8) is 0 Å². The Kier molecular flexibility index (Phi) is 5.70. The van der Waals surface area contributed by atoms with Gasteiger partial charge in [-0.05, 0) is 80.1 Å². The molecule has 2 saturated carbocycles. The highest BCUT2D eigenvalue weighted by atomic mass is 16.5. The van der Waals surface area contributed by atoms with Crippen LogP contribution in [0.25, 0.3) is 0 Å². The number of rotatable bonds is 8. The van der Waals surface area contributed by atoms with Crippen LogP contribution in [0.3, 0.4) is 0 Å². The molecule has 150 valence electrons. The van der Waals surface area contributed by atoms with Gasteiger partial charge in [-0.15, -0.1) is 0 Å². The second-order valence-electron chi connectivity index (χ2n) is 10.6. The standard InChI is InChI=1S/C23H42N2O/c1-19(2)22(6-7-22)17-25-10-4-5-21(16-25)15-20(3)23(8-9-23)18-24-11-13-26-14-12-24/h19-21H,4-18H2,1-3H3. The lowest BCUT2D eigenvalue weighted by Gasteiger charge is -2.39. The molecule has 2 atom stereocenters. The normalized spacial score (nSPS) is 32.5. The van der Waals surface area contributed by atoms with Gasteiger partial charge in [-0.25, -0.2) is 0 Å². The summed E-state index contributed by atoms with van der Waals surface area (Å²) in [5.41, 5.74) is 1.33. The van der Waals surface area contributed by atoms with Crippen LogP contribution in [-0.2, 0) is 4.74 Å². The Morgan fingerprint density at radius 1 is 0.885 bits per heavy atom. The Morgan fingerprint density at radius 3 is 2.15 bits per heavy atom. The highest BCUT2D eigenvalue weighted by molar-refractivity contribution is 5.01. The topological polar surface area (TPSA) is 15.7 Å². The average molecular weight is 363 g/mol. The van der Waals surface area contributed by atoms with Crippen LogP contribution in [0.2, 0.25) is 0 Å². The van der Waals surface area contributed by atoms with E-state index in [0.717, 1.165) is 44.1 Å². The molecule has 0 bridgehead atoms. The second-order valence-corrected chi connectivity index (χ2v) is 10.6. The zero-order valence-electron chi connectivity index (χ0n) is 17.6. The second kappa shape index (κ2) is 7.72. The van der Waals surface area contributed by atoms with E-state index >= 15 is 0 Å². The van der Waals surface area contributed by atoms with Crippen molar-refractivity contribution >= 4 is 0 Å². The van der Waals surface area contributed by atoms with Gasteiger partial charge in [0.05, 0.1) is 13.2 Å². The monoisotopic (exact) mass is 362 g/mol. The van der Waals surface area contributed by atoms with E-state index in [1.165, 1.54) is 71.1 Å². The number of hydrogen-bond donors (Lipinski definition) is 0. The Bertz CT molecular complexity index is 463. The maximum atomic E-state index is 5.54. The quantitative estimate of drug-likeness (QED) is 0.641. The van der Waals surface area contributed by atoms with Crippen LogP contribution < -0.4 is 0 Å². The fourth-order valence-electron chi connectivity index (χ4n) is 5.93. The van der Waals surface area contributed by atoms with Gasteiger partial charge in [0.25, 0.3) is 0 Å². The molecule has 4 fully saturated rings. The van der Waals surface area contributed by atoms with Gasteiger partial charge in [-0.3, -0.25) is 4.90 Å². The van der Waals surface area contributed by atoms with Crippen LogP contribution in [0.15, 0.2) is 0 Å². The SMILES string of the molecule is CC(C)C1(CN2CCCC(CC(C)C3(CN4CCOCC4)CC3)C2)CC1. The molecule has 0 aromatic carbocycles. The van der Waals surface area contributed by atoms with Gasteiger partial charge in [0.15, 0.2) is 0 Å². The zero-order valence-corrected chi connectivity index (χ0v) is 17.6. The van der Waals surface area contributed by atoms with Crippen LogP contribution in [0, 0.1) is 28.6 Å². The van der Waals surface area contributed by atoms with E-state index in [-0.39, 0.29) is 0 Å². The number of morpholine rings is 1. The summed E-state index contributed by atoms with van der Waals surface area (Å²) in [6, 6.07) is 0. The molecule has 2 aliphatic heterocycles. The predicted octanol–water partition coefficient (Wildman–Crippen LogP) is 4.27. The van der Waals surface area contributed by atoms with Gasteiger partial charge < -0.3 is 9.64 Å². The lowest BCUT2D eigenvalue weighted by molar-refractivity contribution is 0.0203. The van der Waals surface area contributed by atoms with E-state index in [2.05, 4.69) is 30.6 Å². The first kappa shape index (κ1) is 19.2. The number of ether oxygens (including phenoxy) is 1. The summed E-state index contributed by atoms with van der Waals surface area (Å²) in [5, 5.41) is 0. The highest BCUT2D eigenvalue weighted by Crippen LogP contribution is 2.55. The largest absolute Gasteiger partial charge is 0.379 e. The maximum absolute atomic E-state index is 5.54. The molecule has 2 heterocycles. The molecule has 0 amide bonds. The molecule has 0 aromatic rings. The fraction of sp³-hybridized carbons (Fsp3) is 1.00. The molecule has 0 spiro atoms. The van der Waals surface area contributed by atoms with Gasteiger partial charge in [-0.1, -0.05) is 20.8 Å². The molecule has 0 N–H and O–H groups in total. The molecule has 2 saturated heterocycles. The summed E-state index contributed by atoms with van der Waals surface area (Å²) >= 11 is 0. The Hall–Kier alpha value is -0.120. The van der Waals surface area contributed by atoms with Gasteiger partial charge >= 0.3 is 0 Å². The van der Waals surface area contributed by atoms with E-state index < -0.39 is 0 Å². The Labute approximate surface area is 161 Å². The summed E-state index contributed by atoms with van der Waals surface area (Å²) in [6.45, 7) is 17.1. The molecule has 0 aromatic heterocycles. The molecular weight excluding hydrogens is 320 g/mol. The number of piperidine rings is 1. The summed E-state index contributed by atoms with van der Waals surface area (Å²) < 4.78 is 5.54. The smallest absolute Gasteiger partial charge is 0.0594 e. The lowest BCUT2D eigenvalue weighted by Crippen LogP contribution is -2.43. The minimum Gasteiger partial charge on any atom is -0.379 e. The number of nitrogens with zero attached hydrogens (tertiary/aromatic N) is 2. The first-order valence-electron chi connectivity index (χ1n) is 11.5. The molecule has 2 aliphatic carbocycles. The average Bonchev–Trinajstić information content (AvgIpc) is 3.53.